The number of aryl methyl sites for hydroxylation is 2. The lowest BCUT2D eigenvalue weighted by Crippen LogP contribution is -2.37. The van der Waals surface area contributed by atoms with E-state index >= 15 is 0 Å². The lowest BCUT2D eigenvalue weighted by Gasteiger charge is -2.17. The van der Waals surface area contributed by atoms with Crippen LogP contribution in [0.1, 0.15) is 21.5 Å². The largest absolute Gasteiger partial charge is 0.452 e. The van der Waals surface area contributed by atoms with Gasteiger partial charge in [0.1, 0.15) is 0 Å². The van der Waals surface area contributed by atoms with Crippen LogP contribution in [-0.4, -0.2) is 52.9 Å². The Kier molecular flexibility index (Phi) is 6.36. The summed E-state index contributed by atoms with van der Waals surface area (Å²) in [6.07, 6.45) is 3.09. The number of nitrogens with zero attached hydrogens (tertiary/aromatic N) is 3. The SMILES string of the molecule is Cc1ccc(C)c(NC(=O)CN(C)C(=O)COC(=O)c2ccc3nccnc3c2)c1. The van der Waals surface area contributed by atoms with Gasteiger partial charge in [-0.15, -0.1) is 0 Å². The van der Waals surface area contributed by atoms with Crippen LogP contribution in [0.2, 0.25) is 0 Å². The maximum Gasteiger partial charge on any atom is 0.338 e. The van der Waals surface area contributed by atoms with E-state index in [1.807, 2.05) is 32.0 Å². The first-order chi connectivity index (χ1) is 14.3. The number of likely N-dealkylation sites (N-methyl/N-ethyl adjacent to an activating group) is 1. The number of hydrogen-bond donors (Lipinski definition) is 1. The monoisotopic (exact) mass is 406 g/mol. The molecule has 0 atom stereocenters. The van der Waals surface area contributed by atoms with E-state index in [1.54, 1.807) is 24.4 Å². The zero-order chi connectivity index (χ0) is 21.7. The maximum atomic E-state index is 12.2. The molecule has 0 spiro atoms. The average molecular weight is 406 g/mol. The molecule has 0 saturated heterocycles. The lowest BCUT2D eigenvalue weighted by atomic mass is 10.1. The van der Waals surface area contributed by atoms with Gasteiger partial charge in [-0.2, -0.15) is 0 Å². The van der Waals surface area contributed by atoms with E-state index in [0.717, 1.165) is 11.1 Å². The molecule has 1 aromatic heterocycles. The molecule has 3 rings (SSSR count). The summed E-state index contributed by atoms with van der Waals surface area (Å²) < 4.78 is 5.08. The number of carbonyl (C=O) groups is 3. The van der Waals surface area contributed by atoms with Gasteiger partial charge in [0, 0.05) is 25.1 Å². The average Bonchev–Trinajstić information content (AvgIpc) is 2.73. The molecule has 0 aliphatic rings. The third-order valence-corrected chi connectivity index (χ3v) is 4.51. The highest BCUT2D eigenvalue weighted by atomic mass is 16.5. The van der Waals surface area contributed by atoms with E-state index in [4.69, 9.17) is 4.74 Å². The van der Waals surface area contributed by atoms with Crippen LogP contribution >= 0.6 is 0 Å². The highest BCUT2D eigenvalue weighted by Gasteiger charge is 2.17. The van der Waals surface area contributed by atoms with Crippen LogP contribution in [0, 0.1) is 13.8 Å². The van der Waals surface area contributed by atoms with Gasteiger partial charge >= 0.3 is 5.97 Å². The molecule has 8 nitrogen and oxygen atoms in total. The van der Waals surface area contributed by atoms with Gasteiger partial charge < -0.3 is 15.0 Å². The highest BCUT2D eigenvalue weighted by molar-refractivity contribution is 5.96. The number of carbonyl (C=O) groups excluding carboxylic acids is 3. The number of benzene rings is 2. The van der Waals surface area contributed by atoms with Crippen LogP contribution < -0.4 is 5.32 Å². The van der Waals surface area contributed by atoms with Gasteiger partial charge in [-0.1, -0.05) is 12.1 Å². The zero-order valence-electron chi connectivity index (χ0n) is 17.0. The summed E-state index contributed by atoms with van der Waals surface area (Å²) in [5.74, 6) is -1.47. The van der Waals surface area contributed by atoms with Crippen molar-refractivity contribution in [2.24, 2.45) is 0 Å². The molecule has 30 heavy (non-hydrogen) atoms. The first kappa shape index (κ1) is 20.9. The highest BCUT2D eigenvalue weighted by Crippen LogP contribution is 2.16. The second-order valence-corrected chi connectivity index (χ2v) is 6.95. The Morgan fingerprint density at radius 1 is 1.00 bits per heavy atom. The molecule has 0 aliphatic heterocycles. The minimum Gasteiger partial charge on any atom is -0.452 e. The molecule has 3 aromatic rings. The van der Waals surface area contributed by atoms with Crippen molar-refractivity contribution in [2.45, 2.75) is 13.8 Å². The molecule has 1 N–H and O–H groups in total. The van der Waals surface area contributed by atoms with Crippen molar-refractivity contribution in [3.05, 3.63) is 65.5 Å². The quantitative estimate of drug-likeness (QED) is 0.631. The molecule has 8 heteroatoms. The number of rotatable bonds is 6. The minimum absolute atomic E-state index is 0.157. The van der Waals surface area contributed by atoms with Crippen molar-refractivity contribution in [3.8, 4) is 0 Å². The number of esters is 1. The van der Waals surface area contributed by atoms with Crippen molar-refractivity contribution in [2.75, 3.05) is 25.5 Å². The number of aromatic nitrogens is 2. The smallest absolute Gasteiger partial charge is 0.338 e. The molecule has 0 bridgehead atoms. The van der Waals surface area contributed by atoms with E-state index in [-0.39, 0.29) is 18.0 Å². The fourth-order valence-electron chi connectivity index (χ4n) is 2.77. The zero-order valence-corrected chi connectivity index (χ0v) is 17.0. The number of fused-ring (bicyclic) bond motifs is 1. The Balaban J connectivity index is 1.52. The minimum atomic E-state index is -0.649. The number of hydrogen-bond acceptors (Lipinski definition) is 6. The Labute approximate surface area is 173 Å². The molecule has 0 unspecified atom stereocenters. The fourth-order valence-corrected chi connectivity index (χ4v) is 2.77. The van der Waals surface area contributed by atoms with Crippen molar-refractivity contribution >= 4 is 34.5 Å². The number of nitrogens with one attached hydrogen (secondary N) is 1. The second kappa shape index (κ2) is 9.13. The maximum absolute atomic E-state index is 12.2. The predicted octanol–water partition coefficient (Wildman–Crippen LogP) is 2.50. The van der Waals surface area contributed by atoms with E-state index < -0.39 is 18.5 Å². The molecular weight excluding hydrogens is 384 g/mol. The number of anilines is 1. The Bertz CT molecular complexity index is 1110. The molecule has 0 saturated carbocycles. The van der Waals surface area contributed by atoms with Crippen molar-refractivity contribution in [1.82, 2.24) is 14.9 Å². The number of ether oxygens (including phenoxy) is 1. The van der Waals surface area contributed by atoms with Crippen LogP contribution in [0.15, 0.2) is 48.8 Å². The standard InChI is InChI=1S/C22H22N4O4/c1-14-4-5-15(2)18(10-14)25-20(27)12-26(3)21(28)13-30-22(29)16-6-7-17-19(11-16)24-9-8-23-17/h4-11H,12-13H2,1-3H3,(H,25,27). The predicted molar refractivity (Wildman–Crippen MR) is 112 cm³/mol. The van der Waals surface area contributed by atoms with Gasteiger partial charge in [-0.05, 0) is 49.2 Å². The number of amides is 2. The van der Waals surface area contributed by atoms with Crippen LogP contribution in [-0.2, 0) is 14.3 Å². The van der Waals surface area contributed by atoms with E-state index in [1.165, 1.54) is 18.1 Å². The molecule has 0 aliphatic carbocycles. The molecule has 0 fully saturated rings. The first-order valence-corrected chi connectivity index (χ1v) is 9.32. The second-order valence-electron chi connectivity index (χ2n) is 6.95. The lowest BCUT2D eigenvalue weighted by molar-refractivity contribution is -0.136. The topological polar surface area (TPSA) is 101 Å². The Hall–Kier alpha value is -3.81. The van der Waals surface area contributed by atoms with Crippen molar-refractivity contribution in [1.29, 1.82) is 0 Å². The summed E-state index contributed by atoms with van der Waals surface area (Å²) in [4.78, 5) is 46.2. The Morgan fingerprint density at radius 3 is 2.50 bits per heavy atom. The van der Waals surface area contributed by atoms with Gasteiger partial charge in [0.05, 0.1) is 23.1 Å². The molecule has 0 radical (unpaired) electrons. The normalized spacial score (nSPS) is 10.5. The van der Waals surface area contributed by atoms with Crippen LogP contribution in [0.5, 0.6) is 0 Å². The van der Waals surface area contributed by atoms with E-state index in [2.05, 4.69) is 15.3 Å². The summed E-state index contributed by atoms with van der Waals surface area (Å²) in [7, 11) is 1.48. The van der Waals surface area contributed by atoms with Gasteiger partial charge in [0.25, 0.3) is 5.91 Å². The Morgan fingerprint density at radius 2 is 1.73 bits per heavy atom. The molecule has 2 aromatic carbocycles. The summed E-state index contributed by atoms with van der Waals surface area (Å²) in [5, 5.41) is 2.79. The van der Waals surface area contributed by atoms with Crippen molar-refractivity contribution in [3.63, 3.8) is 0 Å². The molecule has 154 valence electrons. The van der Waals surface area contributed by atoms with Crippen molar-refractivity contribution < 1.29 is 19.1 Å². The summed E-state index contributed by atoms with van der Waals surface area (Å²) >= 11 is 0. The van der Waals surface area contributed by atoms with Crippen LogP contribution in [0.25, 0.3) is 11.0 Å². The molecule has 1 heterocycles. The summed E-state index contributed by atoms with van der Waals surface area (Å²) in [6.45, 7) is 3.20. The van der Waals surface area contributed by atoms with Gasteiger partial charge in [0.2, 0.25) is 5.91 Å². The summed E-state index contributed by atoms with van der Waals surface area (Å²) in [5.41, 5.74) is 4.12. The summed E-state index contributed by atoms with van der Waals surface area (Å²) in [6, 6.07) is 10.5. The third kappa shape index (κ3) is 5.16. The first-order valence-electron chi connectivity index (χ1n) is 9.32. The van der Waals surface area contributed by atoms with E-state index in [0.29, 0.717) is 16.7 Å². The molecular formula is C22H22N4O4. The fraction of sp³-hybridized carbons (Fsp3) is 0.227. The van der Waals surface area contributed by atoms with Crippen LogP contribution in [0.4, 0.5) is 5.69 Å². The van der Waals surface area contributed by atoms with E-state index in [9.17, 15) is 14.4 Å². The third-order valence-electron chi connectivity index (χ3n) is 4.51. The van der Waals surface area contributed by atoms with Crippen LogP contribution in [0.3, 0.4) is 0 Å². The van der Waals surface area contributed by atoms with Gasteiger partial charge in [0.15, 0.2) is 6.61 Å². The molecule has 2 amide bonds. The van der Waals surface area contributed by atoms with Gasteiger partial charge in [-0.3, -0.25) is 19.6 Å². The van der Waals surface area contributed by atoms with Gasteiger partial charge in [-0.25, -0.2) is 4.79 Å².